The molecule has 2 aromatic rings. The maximum absolute atomic E-state index is 13.0. The second kappa shape index (κ2) is 6.43. The van der Waals surface area contributed by atoms with Gasteiger partial charge < -0.3 is 10.3 Å². The second-order valence-corrected chi connectivity index (χ2v) is 7.88. The maximum atomic E-state index is 13.0. The van der Waals surface area contributed by atoms with Gasteiger partial charge in [-0.1, -0.05) is 17.3 Å². The number of nitrogens with two attached hydrogens (primary N) is 1. The summed E-state index contributed by atoms with van der Waals surface area (Å²) in [6.07, 6.45) is 3.09. The van der Waals surface area contributed by atoms with Gasteiger partial charge in [0, 0.05) is 30.8 Å². The van der Waals surface area contributed by atoms with E-state index < -0.39 is 10.0 Å². The molecular weight excluding hydrogens is 314 g/mol. The van der Waals surface area contributed by atoms with E-state index in [2.05, 4.69) is 5.16 Å². The predicted octanol–water partition coefficient (Wildman–Crippen LogP) is 2.09. The molecule has 1 fully saturated rings. The highest BCUT2D eigenvalue weighted by molar-refractivity contribution is 7.89. The SMILES string of the molecule is CC(N)C1CCN(S(=O)(=O)c2ccccc2-c2ccno2)CC1. The summed E-state index contributed by atoms with van der Waals surface area (Å²) in [5, 5.41) is 3.67. The third-order valence-corrected chi connectivity index (χ3v) is 6.41. The van der Waals surface area contributed by atoms with Crippen LogP contribution in [0, 0.1) is 5.92 Å². The Morgan fingerprint density at radius 3 is 2.57 bits per heavy atom. The Morgan fingerprint density at radius 2 is 1.96 bits per heavy atom. The van der Waals surface area contributed by atoms with Crippen LogP contribution in [-0.2, 0) is 10.0 Å². The number of rotatable bonds is 4. The van der Waals surface area contributed by atoms with Gasteiger partial charge in [-0.25, -0.2) is 8.42 Å². The van der Waals surface area contributed by atoms with Crippen LogP contribution in [0.1, 0.15) is 19.8 Å². The zero-order valence-electron chi connectivity index (χ0n) is 13.1. The summed E-state index contributed by atoms with van der Waals surface area (Å²) in [6, 6.07) is 8.63. The number of aromatic nitrogens is 1. The van der Waals surface area contributed by atoms with Gasteiger partial charge in [0.25, 0.3) is 0 Å². The highest BCUT2D eigenvalue weighted by atomic mass is 32.2. The third kappa shape index (κ3) is 3.17. The van der Waals surface area contributed by atoms with E-state index in [1.807, 2.05) is 6.92 Å². The predicted molar refractivity (Wildman–Crippen MR) is 87.1 cm³/mol. The van der Waals surface area contributed by atoms with Gasteiger partial charge in [-0.3, -0.25) is 0 Å². The van der Waals surface area contributed by atoms with Crippen molar-refractivity contribution < 1.29 is 12.9 Å². The van der Waals surface area contributed by atoms with Crippen molar-refractivity contribution in [2.24, 2.45) is 11.7 Å². The van der Waals surface area contributed by atoms with Gasteiger partial charge in [-0.15, -0.1) is 0 Å². The Balaban J connectivity index is 1.90. The number of hydrogen-bond donors (Lipinski definition) is 1. The first kappa shape index (κ1) is 16.2. The molecule has 1 atom stereocenters. The fourth-order valence-electron chi connectivity index (χ4n) is 3.03. The lowest BCUT2D eigenvalue weighted by Gasteiger charge is -2.33. The van der Waals surface area contributed by atoms with Gasteiger partial charge in [0.15, 0.2) is 5.76 Å². The fraction of sp³-hybridized carbons (Fsp3) is 0.438. The molecule has 0 saturated carbocycles. The van der Waals surface area contributed by atoms with Crippen molar-refractivity contribution in [3.05, 3.63) is 36.5 Å². The molecule has 1 aromatic carbocycles. The second-order valence-electron chi connectivity index (χ2n) is 5.97. The number of piperidine rings is 1. The zero-order valence-corrected chi connectivity index (χ0v) is 13.9. The van der Waals surface area contributed by atoms with Crippen molar-refractivity contribution in [2.75, 3.05) is 13.1 Å². The van der Waals surface area contributed by atoms with Crippen molar-refractivity contribution in [3.8, 4) is 11.3 Å². The molecule has 0 amide bonds. The van der Waals surface area contributed by atoms with Gasteiger partial charge in [0.1, 0.15) is 0 Å². The number of benzene rings is 1. The first-order chi connectivity index (χ1) is 11.0. The Hall–Kier alpha value is -1.70. The summed E-state index contributed by atoms with van der Waals surface area (Å²) in [4.78, 5) is 0.260. The Bertz CT molecular complexity index is 749. The van der Waals surface area contributed by atoms with Crippen LogP contribution in [0.15, 0.2) is 45.9 Å². The molecule has 0 bridgehead atoms. The minimum absolute atomic E-state index is 0.0985. The van der Waals surface area contributed by atoms with Gasteiger partial charge in [-0.05, 0) is 37.8 Å². The molecular formula is C16H21N3O3S. The van der Waals surface area contributed by atoms with Crippen molar-refractivity contribution in [1.29, 1.82) is 0 Å². The van der Waals surface area contributed by atoms with Gasteiger partial charge in [0.05, 0.1) is 11.1 Å². The van der Waals surface area contributed by atoms with E-state index in [1.165, 1.54) is 6.20 Å². The highest BCUT2D eigenvalue weighted by Crippen LogP contribution is 2.31. The largest absolute Gasteiger partial charge is 0.356 e. The molecule has 2 heterocycles. The first-order valence-corrected chi connectivity index (χ1v) is 9.20. The quantitative estimate of drug-likeness (QED) is 0.924. The average Bonchev–Trinajstić information content (AvgIpc) is 3.09. The van der Waals surface area contributed by atoms with E-state index in [4.69, 9.17) is 10.3 Å². The number of hydrogen-bond acceptors (Lipinski definition) is 5. The molecule has 2 N–H and O–H groups in total. The van der Waals surface area contributed by atoms with Gasteiger partial charge in [0.2, 0.25) is 10.0 Å². The lowest BCUT2D eigenvalue weighted by molar-refractivity contribution is 0.251. The van der Waals surface area contributed by atoms with E-state index >= 15 is 0 Å². The van der Waals surface area contributed by atoms with E-state index in [0.29, 0.717) is 30.3 Å². The standard InChI is InChI=1S/C16H21N3O3S/c1-12(17)13-7-10-19(11-8-13)23(20,21)16-5-3-2-4-14(16)15-6-9-18-22-15/h2-6,9,12-13H,7-8,10-11,17H2,1H3. The molecule has 0 spiro atoms. The van der Waals surface area contributed by atoms with Crippen LogP contribution in [0.4, 0.5) is 0 Å². The van der Waals surface area contributed by atoms with E-state index in [1.54, 1.807) is 34.6 Å². The van der Waals surface area contributed by atoms with Crippen LogP contribution in [0.3, 0.4) is 0 Å². The monoisotopic (exact) mass is 335 g/mol. The van der Waals surface area contributed by atoms with Crippen molar-refractivity contribution in [2.45, 2.75) is 30.7 Å². The van der Waals surface area contributed by atoms with Crippen LogP contribution in [0.25, 0.3) is 11.3 Å². The molecule has 1 unspecified atom stereocenters. The average molecular weight is 335 g/mol. The zero-order chi connectivity index (χ0) is 16.4. The maximum Gasteiger partial charge on any atom is 0.243 e. The molecule has 6 nitrogen and oxygen atoms in total. The molecule has 1 aromatic heterocycles. The van der Waals surface area contributed by atoms with Gasteiger partial charge >= 0.3 is 0 Å². The smallest absolute Gasteiger partial charge is 0.243 e. The summed E-state index contributed by atoms with van der Waals surface area (Å²) in [5.41, 5.74) is 6.47. The first-order valence-electron chi connectivity index (χ1n) is 7.76. The number of nitrogens with zero attached hydrogens (tertiary/aromatic N) is 2. The summed E-state index contributed by atoms with van der Waals surface area (Å²) in [6.45, 7) is 2.98. The van der Waals surface area contributed by atoms with Crippen molar-refractivity contribution >= 4 is 10.0 Å². The van der Waals surface area contributed by atoms with Gasteiger partial charge in [-0.2, -0.15) is 4.31 Å². The summed E-state index contributed by atoms with van der Waals surface area (Å²) < 4.78 is 32.7. The minimum Gasteiger partial charge on any atom is -0.356 e. The molecule has 1 saturated heterocycles. The lowest BCUT2D eigenvalue weighted by atomic mass is 9.92. The van der Waals surface area contributed by atoms with Crippen LogP contribution >= 0.6 is 0 Å². The molecule has 23 heavy (non-hydrogen) atoms. The minimum atomic E-state index is -3.56. The lowest BCUT2D eigenvalue weighted by Crippen LogP contribution is -2.42. The molecule has 7 heteroatoms. The van der Waals surface area contributed by atoms with E-state index in [-0.39, 0.29) is 10.9 Å². The Kier molecular flexibility index (Phi) is 4.52. The molecule has 0 aliphatic carbocycles. The van der Waals surface area contributed by atoms with E-state index in [9.17, 15) is 8.42 Å². The Labute approximate surface area is 136 Å². The summed E-state index contributed by atoms with van der Waals surface area (Å²) >= 11 is 0. The van der Waals surface area contributed by atoms with Crippen LogP contribution < -0.4 is 5.73 Å². The highest BCUT2D eigenvalue weighted by Gasteiger charge is 2.32. The molecule has 1 aliphatic rings. The molecule has 1 aliphatic heterocycles. The van der Waals surface area contributed by atoms with Crippen molar-refractivity contribution in [1.82, 2.24) is 9.46 Å². The Morgan fingerprint density at radius 1 is 1.26 bits per heavy atom. The fourth-order valence-corrected chi connectivity index (χ4v) is 4.70. The van der Waals surface area contributed by atoms with E-state index in [0.717, 1.165) is 12.8 Å². The molecule has 3 rings (SSSR count). The molecule has 0 radical (unpaired) electrons. The summed E-state index contributed by atoms with van der Waals surface area (Å²) in [7, 11) is -3.56. The topological polar surface area (TPSA) is 89.4 Å². The number of sulfonamides is 1. The normalized spacial score (nSPS) is 18.9. The molecule has 124 valence electrons. The van der Waals surface area contributed by atoms with Crippen molar-refractivity contribution in [3.63, 3.8) is 0 Å². The third-order valence-electron chi connectivity index (χ3n) is 4.45. The van der Waals surface area contributed by atoms with Crippen LogP contribution in [0.2, 0.25) is 0 Å². The van der Waals surface area contributed by atoms with Crippen LogP contribution in [-0.4, -0.2) is 37.0 Å². The van der Waals surface area contributed by atoms with Crippen LogP contribution in [0.5, 0.6) is 0 Å². The summed E-state index contributed by atoms with van der Waals surface area (Å²) in [5.74, 6) is 0.834.